The van der Waals surface area contributed by atoms with E-state index in [1.165, 1.54) is 6.07 Å². The van der Waals surface area contributed by atoms with Gasteiger partial charge in [0.05, 0.1) is 6.04 Å². The van der Waals surface area contributed by atoms with Crippen LogP contribution in [0.1, 0.15) is 37.9 Å². The number of rotatable bonds is 1. The van der Waals surface area contributed by atoms with Crippen molar-refractivity contribution in [1.29, 1.82) is 0 Å². The molecule has 21 heavy (non-hydrogen) atoms. The molecule has 1 saturated heterocycles. The smallest absolute Gasteiger partial charge is 0.410 e. The van der Waals surface area contributed by atoms with Gasteiger partial charge in [0, 0.05) is 25.2 Å². The topological polar surface area (TPSA) is 41.6 Å². The number of piperazine rings is 1. The first-order valence-corrected chi connectivity index (χ1v) is 7.25. The zero-order valence-electron chi connectivity index (χ0n) is 13.1. The largest absolute Gasteiger partial charge is 0.444 e. The summed E-state index contributed by atoms with van der Waals surface area (Å²) in [5, 5.41) is 3.22. The molecule has 1 aromatic rings. The number of halogens is 1. The quantitative estimate of drug-likeness (QED) is 0.865. The first kappa shape index (κ1) is 15.8. The maximum atomic E-state index is 14.2. The highest BCUT2D eigenvalue weighted by atomic mass is 19.1. The second-order valence-electron chi connectivity index (χ2n) is 6.36. The van der Waals surface area contributed by atoms with E-state index in [4.69, 9.17) is 4.74 Å². The van der Waals surface area contributed by atoms with E-state index in [1.807, 2.05) is 33.8 Å². The Labute approximate surface area is 125 Å². The van der Waals surface area contributed by atoms with Crippen LogP contribution in [0, 0.1) is 12.7 Å². The molecule has 1 fully saturated rings. The van der Waals surface area contributed by atoms with Gasteiger partial charge in [-0.25, -0.2) is 9.18 Å². The molecule has 1 aliphatic rings. The zero-order chi connectivity index (χ0) is 15.6. The van der Waals surface area contributed by atoms with Crippen LogP contribution in [-0.4, -0.2) is 36.2 Å². The average Bonchev–Trinajstić information content (AvgIpc) is 2.37. The molecule has 1 aliphatic heterocycles. The molecule has 0 saturated carbocycles. The number of amides is 1. The summed E-state index contributed by atoms with van der Waals surface area (Å²) in [4.78, 5) is 14.0. The van der Waals surface area contributed by atoms with Crippen molar-refractivity contribution in [3.8, 4) is 0 Å². The molecular weight excluding hydrogens is 271 g/mol. The van der Waals surface area contributed by atoms with E-state index in [9.17, 15) is 9.18 Å². The van der Waals surface area contributed by atoms with Crippen molar-refractivity contribution in [2.45, 2.75) is 39.3 Å². The Morgan fingerprint density at radius 1 is 1.43 bits per heavy atom. The number of aryl methyl sites for hydroxylation is 1. The Hall–Kier alpha value is -1.62. The van der Waals surface area contributed by atoms with Gasteiger partial charge in [-0.05, 0) is 39.3 Å². The normalized spacial score (nSPS) is 19.5. The summed E-state index contributed by atoms with van der Waals surface area (Å²) in [5.41, 5.74) is 0.851. The van der Waals surface area contributed by atoms with Crippen molar-refractivity contribution < 1.29 is 13.9 Å². The summed E-state index contributed by atoms with van der Waals surface area (Å²) in [5.74, 6) is -0.280. The Balaban J connectivity index is 2.29. The van der Waals surface area contributed by atoms with Crippen molar-refractivity contribution >= 4 is 6.09 Å². The van der Waals surface area contributed by atoms with Gasteiger partial charge >= 0.3 is 6.09 Å². The molecule has 2 rings (SSSR count). The molecule has 0 radical (unpaired) electrons. The molecule has 4 nitrogen and oxygen atoms in total. The highest BCUT2D eigenvalue weighted by Gasteiger charge is 2.33. The van der Waals surface area contributed by atoms with E-state index in [1.54, 1.807) is 11.0 Å². The number of carbonyl (C=O) groups is 1. The fraction of sp³-hybridized carbons (Fsp3) is 0.562. The van der Waals surface area contributed by atoms with Crippen molar-refractivity contribution in [2.75, 3.05) is 19.6 Å². The summed E-state index contributed by atoms with van der Waals surface area (Å²) in [6, 6.07) is 4.64. The van der Waals surface area contributed by atoms with Crippen molar-refractivity contribution in [3.63, 3.8) is 0 Å². The van der Waals surface area contributed by atoms with Gasteiger partial charge in [-0.15, -0.1) is 0 Å². The number of hydrogen-bond acceptors (Lipinski definition) is 3. The summed E-state index contributed by atoms with van der Waals surface area (Å²) < 4.78 is 19.6. The van der Waals surface area contributed by atoms with Crippen LogP contribution in [0.2, 0.25) is 0 Å². The monoisotopic (exact) mass is 294 g/mol. The van der Waals surface area contributed by atoms with Gasteiger partial charge in [0.1, 0.15) is 11.4 Å². The highest BCUT2D eigenvalue weighted by molar-refractivity contribution is 5.69. The number of ether oxygens (including phenoxy) is 1. The van der Waals surface area contributed by atoms with Gasteiger partial charge in [0.25, 0.3) is 0 Å². The lowest BCUT2D eigenvalue weighted by Crippen LogP contribution is -2.50. The highest BCUT2D eigenvalue weighted by Crippen LogP contribution is 2.29. The predicted molar refractivity (Wildman–Crippen MR) is 79.7 cm³/mol. The van der Waals surface area contributed by atoms with Gasteiger partial charge in [-0.2, -0.15) is 0 Å². The Bertz CT molecular complexity index is 505. The van der Waals surface area contributed by atoms with E-state index in [-0.39, 0.29) is 11.9 Å². The molecule has 116 valence electrons. The molecule has 1 amide bonds. The van der Waals surface area contributed by atoms with E-state index >= 15 is 0 Å². The van der Waals surface area contributed by atoms with Crippen LogP contribution >= 0.6 is 0 Å². The molecule has 1 atom stereocenters. The minimum absolute atomic E-state index is 0.280. The molecule has 0 aliphatic carbocycles. The molecule has 1 N–H and O–H groups in total. The van der Waals surface area contributed by atoms with Gasteiger partial charge in [-0.3, -0.25) is 4.90 Å². The van der Waals surface area contributed by atoms with E-state index in [0.717, 1.165) is 5.56 Å². The van der Waals surface area contributed by atoms with Gasteiger partial charge in [0.2, 0.25) is 0 Å². The summed E-state index contributed by atoms with van der Waals surface area (Å²) in [7, 11) is 0. The third-order valence-electron chi connectivity index (χ3n) is 3.48. The third kappa shape index (κ3) is 3.73. The number of hydrogen-bond donors (Lipinski definition) is 1. The first-order valence-electron chi connectivity index (χ1n) is 7.25. The number of nitrogens with zero attached hydrogens (tertiary/aromatic N) is 1. The minimum Gasteiger partial charge on any atom is -0.444 e. The van der Waals surface area contributed by atoms with Crippen LogP contribution in [0.3, 0.4) is 0 Å². The summed E-state index contributed by atoms with van der Waals surface area (Å²) >= 11 is 0. The predicted octanol–water partition coefficient (Wildman–Crippen LogP) is 3.02. The van der Waals surface area contributed by atoms with Crippen LogP contribution in [0.5, 0.6) is 0 Å². The third-order valence-corrected chi connectivity index (χ3v) is 3.48. The Kier molecular flexibility index (Phi) is 4.52. The first-order chi connectivity index (χ1) is 9.79. The fourth-order valence-corrected chi connectivity index (χ4v) is 2.57. The molecule has 0 bridgehead atoms. The van der Waals surface area contributed by atoms with Crippen LogP contribution in [-0.2, 0) is 4.74 Å². The maximum Gasteiger partial charge on any atom is 0.410 e. The average molecular weight is 294 g/mol. The van der Waals surface area contributed by atoms with E-state index < -0.39 is 11.7 Å². The second kappa shape index (κ2) is 6.02. The summed E-state index contributed by atoms with van der Waals surface area (Å²) in [6.45, 7) is 9.07. The SMILES string of the molecule is Cc1cccc(F)c1C1CNCCN1C(=O)OC(C)(C)C. The maximum absolute atomic E-state index is 14.2. The van der Waals surface area contributed by atoms with Gasteiger partial charge in [0.15, 0.2) is 0 Å². The number of nitrogens with one attached hydrogen (secondary N) is 1. The van der Waals surface area contributed by atoms with Crippen LogP contribution in [0.15, 0.2) is 18.2 Å². The molecule has 5 heteroatoms. The number of benzene rings is 1. The molecule has 1 unspecified atom stereocenters. The fourth-order valence-electron chi connectivity index (χ4n) is 2.57. The Morgan fingerprint density at radius 2 is 2.14 bits per heavy atom. The van der Waals surface area contributed by atoms with Crippen LogP contribution in [0.4, 0.5) is 9.18 Å². The lowest BCUT2D eigenvalue weighted by Gasteiger charge is -2.38. The van der Waals surface area contributed by atoms with Crippen molar-refractivity contribution in [1.82, 2.24) is 10.2 Å². The second-order valence-corrected chi connectivity index (χ2v) is 6.36. The van der Waals surface area contributed by atoms with E-state index in [2.05, 4.69) is 5.32 Å². The van der Waals surface area contributed by atoms with Crippen LogP contribution < -0.4 is 5.32 Å². The van der Waals surface area contributed by atoms with Crippen molar-refractivity contribution in [3.05, 3.63) is 35.1 Å². The zero-order valence-corrected chi connectivity index (χ0v) is 13.1. The minimum atomic E-state index is -0.559. The standard InChI is InChI=1S/C16H23FN2O2/c1-11-6-5-7-12(17)14(11)13-10-18-8-9-19(13)15(20)21-16(2,3)4/h5-7,13,18H,8-10H2,1-4H3. The Morgan fingerprint density at radius 3 is 2.76 bits per heavy atom. The molecule has 0 spiro atoms. The molecule has 0 aromatic heterocycles. The molecular formula is C16H23FN2O2. The van der Waals surface area contributed by atoms with Gasteiger partial charge in [-0.1, -0.05) is 12.1 Å². The molecule has 1 aromatic carbocycles. The lowest BCUT2D eigenvalue weighted by molar-refractivity contribution is 0.0114. The molecule has 1 heterocycles. The number of carbonyl (C=O) groups excluding carboxylic acids is 1. The lowest BCUT2D eigenvalue weighted by atomic mass is 9.98. The van der Waals surface area contributed by atoms with Crippen LogP contribution in [0.25, 0.3) is 0 Å². The van der Waals surface area contributed by atoms with Gasteiger partial charge < -0.3 is 10.1 Å². The van der Waals surface area contributed by atoms with Crippen molar-refractivity contribution in [2.24, 2.45) is 0 Å². The summed E-state index contributed by atoms with van der Waals surface area (Å²) in [6.07, 6.45) is -0.392. The van der Waals surface area contributed by atoms with E-state index in [0.29, 0.717) is 25.2 Å².